The fourth-order valence-corrected chi connectivity index (χ4v) is 2.15. The van der Waals surface area contributed by atoms with E-state index < -0.39 is 17.8 Å². The Labute approximate surface area is 131 Å². The first-order valence-electron chi connectivity index (χ1n) is 6.87. The number of anilines is 1. The van der Waals surface area contributed by atoms with Crippen LogP contribution in [0, 0.1) is 5.82 Å². The number of aliphatic hydroxyl groups is 1. The summed E-state index contributed by atoms with van der Waals surface area (Å²) in [6.45, 7) is 0. The van der Waals surface area contributed by atoms with Gasteiger partial charge in [-0.25, -0.2) is 4.39 Å². The second kappa shape index (κ2) is 6.41. The van der Waals surface area contributed by atoms with E-state index in [9.17, 15) is 14.3 Å². The Balaban J connectivity index is 1.88. The SMILES string of the molecule is O=C(Nc1ccncc1C(O)c1ccc(F)cc1)c1ccco1. The molecule has 1 atom stereocenters. The van der Waals surface area contributed by atoms with Gasteiger partial charge < -0.3 is 14.8 Å². The highest BCUT2D eigenvalue weighted by atomic mass is 19.1. The van der Waals surface area contributed by atoms with Gasteiger partial charge in [-0.15, -0.1) is 0 Å². The predicted molar refractivity (Wildman–Crippen MR) is 81.4 cm³/mol. The molecular weight excluding hydrogens is 299 g/mol. The van der Waals surface area contributed by atoms with Crippen molar-refractivity contribution in [1.82, 2.24) is 4.98 Å². The molecule has 3 aromatic rings. The molecule has 1 aromatic carbocycles. The average Bonchev–Trinajstić information content (AvgIpc) is 3.10. The van der Waals surface area contributed by atoms with Gasteiger partial charge in [-0.3, -0.25) is 9.78 Å². The van der Waals surface area contributed by atoms with Crippen molar-refractivity contribution in [2.75, 3.05) is 5.32 Å². The van der Waals surface area contributed by atoms with Crippen LogP contribution in [0.25, 0.3) is 0 Å². The second-order valence-electron chi connectivity index (χ2n) is 4.85. The van der Waals surface area contributed by atoms with E-state index in [0.29, 0.717) is 16.8 Å². The summed E-state index contributed by atoms with van der Waals surface area (Å²) in [4.78, 5) is 16.0. The Kier molecular flexibility index (Phi) is 4.16. The molecule has 1 amide bonds. The molecule has 0 spiro atoms. The number of hydrogen-bond acceptors (Lipinski definition) is 4. The standard InChI is InChI=1S/C17H13FN2O3/c18-12-5-3-11(4-6-12)16(21)13-10-19-8-7-14(13)20-17(22)15-2-1-9-23-15/h1-10,16,21H,(H,19,20,22). The summed E-state index contributed by atoms with van der Waals surface area (Å²) < 4.78 is 18.0. The zero-order valence-electron chi connectivity index (χ0n) is 11.9. The molecule has 2 heterocycles. The minimum absolute atomic E-state index is 0.157. The van der Waals surface area contributed by atoms with Crippen molar-refractivity contribution < 1.29 is 18.7 Å². The minimum Gasteiger partial charge on any atom is -0.459 e. The lowest BCUT2D eigenvalue weighted by Crippen LogP contribution is -2.14. The number of carbonyl (C=O) groups is 1. The van der Waals surface area contributed by atoms with Gasteiger partial charge in [0, 0.05) is 18.0 Å². The van der Waals surface area contributed by atoms with Crippen LogP contribution >= 0.6 is 0 Å². The molecule has 0 aliphatic heterocycles. The molecule has 0 fully saturated rings. The molecule has 0 radical (unpaired) electrons. The highest BCUT2D eigenvalue weighted by Crippen LogP contribution is 2.28. The number of pyridine rings is 1. The van der Waals surface area contributed by atoms with E-state index in [4.69, 9.17) is 4.42 Å². The number of carbonyl (C=O) groups excluding carboxylic acids is 1. The number of aromatic nitrogens is 1. The summed E-state index contributed by atoms with van der Waals surface area (Å²) in [7, 11) is 0. The topological polar surface area (TPSA) is 75.4 Å². The van der Waals surface area contributed by atoms with Crippen LogP contribution < -0.4 is 5.32 Å². The molecule has 0 saturated heterocycles. The molecule has 6 heteroatoms. The first kappa shape index (κ1) is 14.9. The van der Waals surface area contributed by atoms with Gasteiger partial charge in [0.05, 0.1) is 12.0 Å². The smallest absolute Gasteiger partial charge is 0.291 e. The second-order valence-corrected chi connectivity index (χ2v) is 4.85. The molecule has 116 valence electrons. The molecule has 5 nitrogen and oxygen atoms in total. The lowest BCUT2D eigenvalue weighted by atomic mass is 10.0. The van der Waals surface area contributed by atoms with Gasteiger partial charge in [0.2, 0.25) is 0 Å². The lowest BCUT2D eigenvalue weighted by molar-refractivity contribution is 0.0996. The van der Waals surface area contributed by atoms with Crippen molar-refractivity contribution in [2.24, 2.45) is 0 Å². The van der Waals surface area contributed by atoms with Crippen molar-refractivity contribution in [3.63, 3.8) is 0 Å². The number of rotatable bonds is 4. The average molecular weight is 312 g/mol. The maximum atomic E-state index is 13.0. The Morgan fingerprint density at radius 3 is 2.70 bits per heavy atom. The number of amides is 1. The number of benzene rings is 1. The van der Waals surface area contributed by atoms with Gasteiger partial charge in [0.25, 0.3) is 5.91 Å². The minimum atomic E-state index is -1.05. The van der Waals surface area contributed by atoms with E-state index >= 15 is 0 Å². The first-order chi connectivity index (χ1) is 11.1. The van der Waals surface area contributed by atoms with Crippen LogP contribution in [-0.2, 0) is 0 Å². The van der Waals surface area contributed by atoms with Gasteiger partial charge in [-0.05, 0) is 35.9 Å². The van der Waals surface area contributed by atoms with Crippen LogP contribution in [0.1, 0.15) is 27.8 Å². The Bertz CT molecular complexity index is 801. The molecular formula is C17H13FN2O3. The van der Waals surface area contributed by atoms with Crippen molar-refractivity contribution in [1.29, 1.82) is 0 Å². The van der Waals surface area contributed by atoms with E-state index in [-0.39, 0.29) is 5.76 Å². The maximum absolute atomic E-state index is 13.0. The van der Waals surface area contributed by atoms with Gasteiger partial charge >= 0.3 is 0 Å². The number of hydrogen-bond donors (Lipinski definition) is 2. The highest BCUT2D eigenvalue weighted by molar-refractivity contribution is 6.02. The number of furan rings is 1. The summed E-state index contributed by atoms with van der Waals surface area (Å²) in [6.07, 6.45) is 3.30. The van der Waals surface area contributed by atoms with Crippen LogP contribution in [0.3, 0.4) is 0 Å². The van der Waals surface area contributed by atoms with E-state index in [2.05, 4.69) is 10.3 Å². The molecule has 2 aromatic heterocycles. The van der Waals surface area contributed by atoms with Gasteiger partial charge in [-0.2, -0.15) is 0 Å². The fraction of sp³-hybridized carbons (Fsp3) is 0.0588. The molecule has 0 aliphatic carbocycles. The van der Waals surface area contributed by atoms with E-state index in [0.717, 1.165) is 0 Å². The quantitative estimate of drug-likeness (QED) is 0.776. The van der Waals surface area contributed by atoms with E-state index in [1.807, 2.05) is 0 Å². The monoisotopic (exact) mass is 312 g/mol. The number of halogens is 1. The summed E-state index contributed by atoms with van der Waals surface area (Å²) in [6, 6.07) is 10.2. The van der Waals surface area contributed by atoms with Crippen molar-refractivity contribution in [2.45, 2.75) is 6.10 Å². The lowest BCUT2D eigenvalue weighted by Gasteiger charge is -2.15. The van der Waals surface area contributed by atoms with Crippen LogP contribution in [0.2, 0.25) is 0 Å². The Morgan fingerprint density at radius 1 is 1.22 bits per heavy atom. The summed E-state index contributed by atoms with van der Waals surface area (Å²) in [5, 5.41) is 13.1. The molecule has 0 saturated carbocycles. The fourth-order valence-electron chi connectivity index (χ4n) is 2.15. The summed E-state index contributed by atoms with van der Waals surface area (Å²) >= 11 is 0. The largest absolute Gasteiger partial charge is 0.459 e. The van der Waals surface area contributed by atoms with E-state index in [1.165, 1.54) is 49.0 Å². The van der Waals surface area contributed by atoms with Crippen molar-refractivity contribution in [3.8, 4) is 0 Å². The normalized spacial score (nSPS) is 11.9. The zero-order valence-corrected chi connectivity index (χ0v) is 11.9. The predicted octanol–water partition coefficient (Wildman–Crippen LogP) is 3.15. The third-order valence-corrected chi connectivity index (χ3v) is 3.33. The van der Waals surface area contributed by atoms with Gasteiger partial charge in [-0.1, -0.05) is 12.1 Å². The number of nitrogens with zero attached hydrogens (tertiary/aromatic N) is 1. The molecule has 3 rings (SSSR count). The van der Waals surface area contributed by atoms with Gasteiger partial charge in [0.15, 0.2) is 5.76 Å². The number of aliphatic hydroxyl groups excluding tert-OH is 1. The molecule has 0 bridgehead atoms. The zero-order chi connectivity index (χ0) is 16.2. The first-order valence-corrected chi connectivity index (χ1v) is 6.87. The third-order valence-electron chi connectivity index (χ3n) is 3.33. The van der Waals surface area contributed by atoms with Crippen LogP contribution in [0.4, 0.5) is 10.1 Å². The van der Waals surface area contributed by atoms with E-state index in [1.54, 1.807) is 12.1 Å². The molecule has 23 heavy (non-hydrogen) atoms. The molecule has 2 N–H and O–H groups in total. The van der Waals surface area contributed by atoms with Crippen molar-refractivity contribution >= 4 is 11.6 Å². The van der Waals surface area contributed by atoms with Crippen molar-refractivity contribution in [3.05, 3.63) is 83.8 Å². The third kappa shape index (κ3) is 3.27. The molecule has 1 unspecified atom stereocenters. The Morgan fingerprint density at radius 2 is 2.00 bits per heavy atom. The van der Waals surface area contributed by atoms with Crippen LogP contribution in [0.5, 0.6) is 0 Å². The maximum Gasteiger partial charge on any atom is 0.291 e. The molecule has 0 aliphatic rings. The highest BCUT2D eigenvalue weighted by Gasteiger charge is 2.18. The summed E-state index contributed by atoms with van der Waals surface area (Å²) in [5.74, 6) is -0.670. The van der Waals surface area contributed by atoms with Crippen LogP contribution in [-0.4, -0.2) is 16.0 Å². The number of nitrogens with one attached hydrogen (secondary N) is 1. The van der Waals surface area contributed by atoms with Gasteiger partial charge in [0.1, 0.15) is 11.9 Å². The summed E-state index contributed by atoms with van der Waals surface area (Å²) in [5.41, 5.74) is 1.30. The Hall–Kier alpha value is -2.99. The van der Waals surface area contributed by atoms with Crippen LogP contribution in [0.15, 0.2) is 65.5 Å².